The standard InChI is InChI=1S/C11H20F3N/c1-2-9-5-3-6-10(9)15-8-4-7-11(12,13)14/h9-10,15H,2-8H2,1H3. The SMILES string of the molecule is CCC1CCCC1NCCCC(F)(F)F. The van der Waals surface area contributed by atoms with E-state index in [1.165, 1.54) is 12.8 Å². The van der Waals surface area contributed by atoms with Gasteiger partial charge in [0.25, 0.3) is 0 Å². The molecule has 2 unspecified atom stereocenters. The fourth-order valence-electron chi connectivity index (χ4n) is 2.37. The van der Waals surface area contributed by atoms with Crippen molar-refractivity contribution in [1.29, 1.82) is 0 Å². The Bertz CT molecular complexity index is 179. The summed E-state index contributed by atoms with van der Waals surface area (Å²) in [5, 5.41) is 3.26. The van der Waals surface area contributed by atoms with Crippen LogP contribution < -0.4 is 5.32 Å². The monoisotopic (exact) mass is 223 g/mol. The second-order valence-corrected chi connectivity index (χ2v) is 4.38. The molecule has 0 spiro atoms. The zero-order valence-electron chi connectivity index (χ0n) is 9.24. The van der Waals surface area contributed by atoms with Crippen LogP contribution in [0.25, 0.3) is 0 Å². The maximum atomic E-state index is 11.9. The van der Waals surface area contributed by atoms with Crippen LogP contribution in [0.2, 0.25) is 0 Å². The zero-order chi connectivity index (χ0) is 11.3. The highest BCUT2D eigenvalue weighted by atomic mass is 19.4. The molecule has 0 bridgehead atoms. The molecule has 90 valence electrons. The van der Waals surface area contributed by atoms with Crippen LogP contribution in [-0.4, -0.2) is 18.8 Å². The van der Waals surface area contributed by atoms with Crippen LogP contribution in [0.1, 0.15) is 45.4 Å². The van der Waals surface area contributed by atoms with Crippen LogP contribution >= 0.6 is 0 Å². The van der Waals surface area contributed by atoms with Crippen LogP contribution in [0, 0.1) is 5.92 Å². The lowest BCUT2D eigenvalue weighted by molar-refractivity contribution is -0.135. The molecule has 0 amide bonds. The average Bonchev–Trinajstić information content (AvgIpc) is 2.58. The number of hydrogen-bond donors (Lipinski definition) is 1. The normalized spacial score (nSPS) is 27.2. The second kappa shape index (κ2) is 5.73. The molecule has 1 aliphatic carbocycles. The molecular weight excluding hydrogens is 203 g/mol. The molecule has 0 aliphatic heterocycles. The van der Waals surface area contributed by atoms with Crippen molar-refractivity contribution in [2.45, 2.75) is 57.7 Å². The molecule has 1 rings (SSSR count). The quantitative estimate of drug-likeness (QED) is 0.703. The highest BCUT2D eigenvalue weighted by Crippen LogP contribution is 2.28. The number of nitrogens with one attached hydrogen (secondary N) is 1. The average molecular weight is 223 g/mol. The van der Waals surface area contributed by atoms with Crippen molar-refractivity contribution in [3.05, 3.63) is 0 Å². The van der Waals surface area contributed by atoms with E-state index in [9.17, 15) is 13.2 Å². The van der Waals surface area contributed by atoms with Crippen molar-refractivity contribution >= 4 is 0 Å². The molecular formula is C11H20F3N. The first-order chi connectivity index (χ1) is 7.03. The molecule has 2 atom stereocenters. The third kappa shape index (κ3) is 4.87. The van der Waals surface area contributed by atoms with Crippen molar-refractivity contribution in [2.75, 3.05) is 6.54 Å². The Balaban J connectivity index is 2.09. The van der Waals surface area contributed by atoms with Crippen molar-refractivity contribution in [2.24, 2.45) is 5.92 Å². The van der Waals surface area contributed by atoms with E-state index in [0.717, 1.165) is 12.8 Å². The van der Waals surface area contributed by atoms with Crippen LogP contribution in [0.3, 0.4) is 0 Å². The van der Waals surface area contributed by atoms with Crippen molar-refractivity contribution in [1.82, 2.24) is 5.32 Å². The van der Waals surface area contributed by atoms with Gasteiger partial charge in [-0.25, -0.2) is 0 Å². The van der Waals surface area contributed by atoms with Gasteiger partial charge in [0.05, 0.1) is 0 Å². The molecule has 1 saturated carbocycles. The van der Waals surface area contributed by atoms with E-state index in [0.29, 0.717) is 18.5 Å². The maximum Gasteiger partial charge on any atom is 0.389 e. The minimum Gasteiger partial charge on any atom is -0.314 e. The Kier molecular flexibility index (Phi) is 4.90. The van der Waals surface area contributed by atoms with Gasteiger partial charge in [-0.1, -0.05) is 19.8 Å². The van der Waals surface area contributed by atoms with E-state index in [2.05, 4.69) is 12.2 Å². The van der Waals surface area contributed by atoms with E-state index in [4.69, 9.17) is 0 Å². The summed E-state index contributed by atoms with van der Waals surface area (Å²) in [7, 11) is 0. The molecule has 4 heteroatoms. The summed E-state index contributed by atoms with van der Waals surface area (Å²) < 4.78 is 35.6. The van der Waals surface area contributed by atoms with Gasteiger partial charge in [-0.15, -0.1) is 0 Å². The first-order valence-electron chi connectivity index (χ1n) is 5.83. The van der Waals surface area contributed by atoms with E-state index >= 15 is 0 Å². The minimum absolute atomic E-state index is 0.205. The van der Waals surface area contributed by atoms with Crippen LogP contribution in [0.15, 0.2) is 0 Å². The number of halogens is 3. The summed E-state index contributed by atoms with van der Waals surface area (Å²) in [4.78, 5) is 0. The lowest BCUT2D eigenvalue weighted by atomic mass is 10.0. The fraction of sp³-hybridized carbons (Fsp3) is 1.00. The van der Waals surface area contributed by atoms with Crippen LogP contribution in [0.5, 0.6) is 0 Å². The molecule has 0 saturated heterocycles. The lowest BCUT2D eigenvalue weighted by Gasteiger charge is -2.19. The fourth-order valence-corrected chi connectivity index (χ4v) is 2.37. The summed E-state index contributed by atoms with van der Waals surface area (Å²) in [5.74, 6) is 0.677. The summed E-state index contributed by atoms with van der Waals surface area (Å²) in [6.45, 7) is 2.65. The highest BCUT2D eigenvalue weighted by molar-refractivity contribution is 4.82. The molecule has 1 N–H and O–H groups in total. The molecule has 0 aromatic rings. The molecule has 0 heterocycles. The van der Waals surface area contributed by atoms with Gasteiger partial charge in [-0.3, -0.25) is 0 Å². The van der Waals surface area contributed by atoms with Crippen LogP contribution in [-0.2, 0) is 0 Å². The highest BCUT2D eigenvalue weighted by Gasteiger charge is 2.27. The van der Waals surface area contributed by atoms with Crippen molar-refractivity contribution < 1.29 is 13.2 Å². The molecule has 0 radical (unpaired) electrons. The summed E-state index contributed by atoms with van der Waals surface area (Å²) in [6, 6.07) is 0.461. The number of rotatable bonds is 5. The van der Waals surface area contributed by atoms with Gasteiger partial charge in [-0.2, -0.15) is 13.2 Å². The third-order valence-corrected chi connectivity index (χ3v) is 3.23. The number of alkyl halides is 3. The van der Waals surface area contributed by atoms with Crippen LogP contribution in [0.4, 0.5) is 13.2 Å². The lowest BCUT2D eigenvalue weighted by Crippen LogP contribution is -2.33. The second-order valence-electron chi connectivity index (χ2n) is 4.38. The zero-order valence-corrected chi connectivity index (χ0v) is 9.24. The van der Waals surface area contributed by atoms with Gasteiger partial charge in [-0.05, 0) is 31.7 Å². The number of hydrogen-bond acceptors (Lipinski definition) is 1. The summed E-state index contributed by atoms with van der Waals surface area (Å²) >= 11 is 0. The third-order valence-electron chi connectivity index (χ3n) is 3.23. The van der Waals surface area contributed by atoms with Gasteiger partial charge in [0.1, 0.15) is 0 Å². The first kappa shape index (κ1) is 12.8. The molecule has 15 heavy (non-hydrogen) atoms. The molecule has 1 fully saturated rings. The Hall–Kier alpha value is -0.250. The van der Waals surface area contributed by atoms with Gasteiger partial charge >= 0.3 is 6.18 Å². The Morgan fingerprint density at radius 3 is 2.60 bits per heavy atom. The van der Waals surface area contributed by atoms with Gasteiger partial charge in [0.15, 0.2) is 0 Å². The van der Waals surface area contributed by atoms with Gasteiger partial charge in [0, 0.05) is 12.5 Å². The largest absolute Gasteiger partial charge is 0.389 e. The van der Waals surface area contributed by atoms with Gasteiger partial charge in [0.2, 0.25) is 0 Å². The maximum absolute atomic E-state index is 11.9. The predicted octanol–water partition coefficient (Wildman–Crippen LogP) is 3.50. The molecule has 1 aliphatic rings. The van der Waals surface area contributed by atoms with Crippen molar-refractivity contribution in [3.8, 4) is 0 Å². The topological polar surface area (TPSA) is 12.0 Å². The van der Waals surface area contributed by atoms with Gasteiger partial charge < -0.3 is 5.32 Å². The minimum atomic E-state index is -4.00. The summed E-state index contributed by atoms with van der Waals surface area (Å²) in [6.07, 6.45) is 0.256. The predicted molar refractivity (Wildman–Crippen MR) is 54.7 cm³/mol. The molecule has 0 aromatic carbocycles. The van der Waals surface area contributed by atoms with E-state index in [1.54, 1.807) is 0 Å². The molecule has 0 aromatic heterocycles. The smallest absolute Gasteiger partial charge is 0.314 e. The Labute approximate surface area is 89.4 Å². The first-order valence-corrected chi connectivity index (χ1v) is 5.83. The molecule has 1 nitrogen and oxygen atoms in total. The summed E-state index contributed by atoms with van der Waals surface area (Å²) in [5.41, 5.74) is 0. The van der Waals surface area contributed by atoms with Crippen molar-refractivity contribution in [3.63, 3.8) is 0 Å². The van der Waals surface area contributed by atoms with E-state index < -0.39 is 12.6 Å². The van der Waals surface area contributed by atoms with E-state index in [-0.39, 0.29) is 6.42 Å². The Morgan fingerprint density at radius 1 is 1.27 bits per heavy atom. The van der Waals surface area contributed by atoms with E-state index in [1.807, 2.05) is 0 Å². The Morgan fingerprint density at radius 2 is 2.00 bits per heavy atom.